The fraction of sp³-hybridized carbons (Fsp3) is 0.360. The molecule has 0 aliphatic carbocycles. The first-order valence-electron chi connectivity index (χ1n) is 10.7. The maximum atomic E-state index is 13.0. The normalized spacial score (nSPS) is 11.9. The molecule has 0 spiro atoms. The lowest BCUT2D eigenvalue weighted by atomic mass is 9.99. The van der Waals surface area contributed by atoms with Gasteiger partial charge >= 0.3 is 5.97 Å². The van der Waals surface area contributed by atoms with E-state index in [-0.39, 0.29) is 24.9 Å². The summed E-state index contributed by atoms with van der Waals surface area (Å²) < 4.78 is 10.9. The number of amides is 1. The van der Waals surface area contributed by atoms with Crippen LogP contribution in [0.25, 0.3) is 22.2 Å². The molecule has 1 atom stereocenters. The van der Waals surface area contributed by atoms with Crippen LogP contribution in [0.5, 0.6) is 11.5 Å². The number of aryl methyl sites for hydroxylation is 1. The predicted molar refractivity (Wildman–Crippen MR) is 124 cm³/mol. The van der Waals surface area contributed by atoms with E-state index in [2.05, 4.69) is 4.98 Å². The first-order valence-corrected chi connectivity index (χ1v) is 10.7. The number of aromatic amines is 1. The SMILES string of the molecule is CCC(C)N(CC(=O)O)C(=O)CCc1c(-c2ccc(OC)cc2OC)[nH]c2ccccc12. The van der Waals surface area contributed by atoms with Gasteiger partial charge in [-0.25, -0.2) is 0 Å². The average molecular weight is 439 g/mol. The first kappa shape index (κ1) is 23.2. The molecule has 7 heteroatoms. The number of carboxylic acid groups (broad SMARTS) is 1. The van der Waals surface area contributed by atoms with Gasteiger partial charge in [-0.05, 0) is 43.5 Å². The van der Waals surface area contributed by atoms with E-state index in [0.29, 0.717) is 24.3 Å². The molecule has 0 bridgehead atoms. The Hall–Kier alpha value is -3.48. The van der Waals surface area contributed by atoms with Crippen LogP contribution in [0.3, 0.4) is 0 Å². The van der Waals surface area contributed by atoms with Gasteiger partial charge in [0.05, 0.1) is 19.9 Å². The number of para-hydroxylation sites is 1. The van der Waals surface area contributed by atoms with Crippen molar-refractivity contribution in [1.82, 2.24) is 9.88 Å². The lowest BCUT2D eigenvalue weighted by Crippen LogP contribution is -2.41. The molecule has 2 N–H and O–H groups in total. The van der Waals surface area contributed by atoms with Crippen molar-refractivity contribution in [3.63, 3.8) is 0 Å². The molecule has 3 aromatic rings. The number of hydrogen-bond acceptors (Lipinski definition) is 4. The molecule has 3 rings (SSSR count). The molecular formula is C25H30N2O5. The van der Waals surface area contributed by atoms with Crippen molar-refractivity contribution < 1.29 is 24.2 Å². The van der Waals surface area contributed by atoms with Crippen LogP contribution in [0.1, 0.15) is 32.3 Å². The largest absolute Gasteiger partial charge is 0.497 e. The zero-order chi connectivity index (χ0) is 23.3. The second-order valence-corrected chi connectivity index (χ2v) is 7.76. The Morgan fingerprint density at radius 1 is 1.12 bits per heavy atom. The van der Waals surface area contributed by atoms with Crippen LogP contribution in [0.4, 0.5) is 0 Å². The van der Waals surface area contributed by atoms with Crippen LogP contribution in [0.2, 0.25) is 0 Å². The second kappa shape index (κ2) is 10.2. The zero-order valence-corrected chi connectivity index (χ0v) is 19.0. The van der Waals surface area contributed by atoms with Crippen LogP contribution >= 0.6 is 0 Å². The summed E-state index contributed by atoms with van der Waals surface area (Å²) in [7, 11) is 3.22. The molecule has 0 saturated carbocycles. The van der Waals surface area contributed by atoms with E-state index in [9.17, 15) is 14.7 Å². The Bertz CT molecular complexity index is 1100. The van der Waals surface area contributed by atoms with E-state index >= 15 is 0 Å². The number of carbonyl (C=O) groups excluding carboxylic acids is 1. The molecule has 0 fully saturated rings. The first-order chi connectivity index (χ1) is 15.4. The summed E-state index contributed by atoms with van der Waals surface area (Å²) in [4.78, 5) is 29.2. The third-order valence-corrected chi connectivity index (χ3v) is 5.83. The highest BCUT2D eigenvalue weighted by Gasteiger charge is 2.23. The van der Waals surface area contributed by atoms with Crippen molar-refractivity contribution in [3.05, 3.63) is 48.0 Å². The molecule has 0 aliphatic heterocycles. The molecule has 1 aromatic heterocycles. The smallest absolute Gasteiger partial charge is 0.323 e. The number of aliphatic carboxylic acids is 1. The van der Waals surface area contributed by atoms with E-state index in [1.54, 1.807) is 14.2 Å². The second-order valence-electron chi connectivity index (χ2n) is 7.76. The molecule has 2 aromatic carbocycles. The fourth-order valence-electron chi connectivity index (χ4n) is 3.93. The summed E-state index contributed by atoms with van der Waals surface area (Å²) in [5.74, 6) is 0.181. The quantitative estimate of drug-likeness (QED) is 0.486. The van der Waals surface area contributed by atoms with Crippen molar-refractivity contribution >= 4 is 22.8 Å². The van der Waals surface area contributed by atoms with Gasteiger partial charge in [0.1, 0.15) is 18.0 Å². The van der Waals surface area contributed by atoms with Crippen LogP contribution in [0, 0.1) is 0 Å². The Morgan fingerprint density at radius 2 is 1.88 bits per heavy atom. The molecule has 0 radical (unpaired) electrons. The maximum Gasteiger partial charge on any atom is 0.323 e. The number of benzene rings is 2. The minimum Gasteiger partial charge on any atom is -0.497 e. The van der Waals surface area contributed by atoms with E-state index < -0.39 is 5.97 Å². The zero-order valence-electron chi connectivity index (χ0n) is 19.0. The number of hydrogen-bond donors (Lipinski definition) is 2. The number of nitrogens with zero attached hydrogens (tertiary/aromatic N) is 1. The molecule has 1 amide bonds. The summed E-state index contributed by atoms with van der Waals surface area (Å²) in [6.45, 7) is 3.53. The molecule has 1 unspecified atom stereocenters. The van der Waals surface area contributed by atoms with Gasteiger partial charge in [-0.15, -0.1) is 0 Å². The van der Waals surface area contributed by atoms with E-state index in [1.165, 1.54) is 4.90 Å². The summed E-state index contributed by atoms with van der Waals surface area (Å²) in [5.41, 5.74) is 3.71. The number of H-pyrrole nitrogens is 1. The van der Waals surface area contributed by atoms with Crippen LogP contribution < -0.4 is 9.47 Å². The molecule has 7 nitrogen and oxygen atoms in total. The van der Waals surface area contributed by atoms with Gasteiger partial charge in [0.15, 0.2) is 0 Å². The van der Waals surface area contributed by atoms with Crippen LogP contribution in [0.15, 0.2) is 42.5 Å². The fourth-order valence-corrected chi connectivity index (χ4v) is 3.93. The third kappa shape index (κ3) is 4.88. The van der Waals surface area contributed by atoms with E-state index in [0.717, 1.165) is 27.7 Å². The number of methoxy groups -OCH3 is 2. The topological polar surface area (TPSA) is 91.9 Å². The third-order valence-electron chi connectivity index (χ3n) is 5.83. The molecule has 0 aliphatic rings. The number of fused-ring (bicyclic) bond motifs is 1. The highest BCUT2D eigenvalue weighted by molar-refractivity contribution is 5.92. The lowest BCUT2D eigenvalue weighted by Gasteiger charge is -2.27. The Kier molecular flexibility index (Phi) is 7.41. The molecule has 32 heavy (non-hydrogen) atoms. The minimum absolute atomic E-state index is 0.136. The predicted octanol–water partition coefficient (Wildman–Crippen LogP) is 4.50. The van der Waals surface area contributed by atoms with Crippen molar-refractivity contribution in [2.24, 2.45) is 0 Å². The highest BCUT2D eigenvalue weighted by atomic mass is 16.5. The standard InChI is InChI=1S/C25H30N2O5/c1-5-16(2)27(15-24(29)30)23(28)13-12-19-18-8-6-7-9-21(18)26-25(19)20-11-10-17(31-3)14-22(20)32-4/h6-11,14,16,26H,5,12-13,15H2,1-4H3,(H,29,30). The van der Waals surface area contributed by atoms with Gasteiger partial charge in [-0.3, -0.25) is 9.59 Å². The number of rotatable bonds is 10. The van der Waals surface area contributed by atoms with Crippen molar-refractivity contribution in [2.45, 2.75) is 39.2 Å². The van der Waals surface area contributed by atoms with Gasteiger partial charge in [0.2, 0.25) is 5.91 Å². The van der Waals surface area contributed by atoms with Crippen LogP contribution in [-0.4, -0.2) is 53.7 Å². The van der Waals surface area contributed by atoms with Gasteiger partial charge in [0.25, 0.3) is 0 Å². The average Bonchev–Trinajstić information content (AvgIpc) is 3.18. The molecule has 0 saturated heterocycles. The number of nitrogens with one attached hydrogen (secondary N) is 1. The Balaban J connectivity index is 1.98. The van der Waals surface area contributed by atoms with E-state index in [1.807, 2.05) is 56.3 Å². The minimum atomic E-state index is -1.01. The van der Waals surface area contributed by atoms with Crippen molar-refractivity contribution in [2.75, 3.05) is 20.8 Å². The number of ether oxygens (including phenoxy) is 2. The summed E-state index contributed by atoms with van der Waals surface area (Å²) >= 11 is 0. The van der Waals surface area contributed by atoms with Gasteiger partial charge in [-0.1, -0.05) is 25.1 Å². The van der Waals surface area contributed by atoms with Crippen molar-refractivity contribution in [1.29, 1.82) is 0 Å². The molecular weight excluding hydrogens is 408 g/mol. The number of aromatic nitrogens is 1. The maximum absolute atomic E-state index is 13.0. The molecule has 170 valence electrons. The number of carbonyl (C=O) groups is 2. The van der Waals surface area contributed by atoms with Crippen molar-refractivity contribution in [3.8, 4) is 22.8 Å². The lowest BCUT2D eigenvalue weighted by molar-refractivity contribution is -0.146. The summed E-state index contributed by atoms with van der Waals surface area (Å²) in [6.07, 6.45) is 1.38. The highest BCUT2D eigenvalue weighted by Crippen LogP contribution is 2.38. The van der Waals surface area contributed by atoms with Gasteiger partial charge < -0.3 is 24.5 Å². The summed E-state index contributed by atoms with van der Waals surface area (Å²) in [5, 5.41) is 10.3. The van der Waals surface area contributed by atoms with Gasteiger partial charge in [-0.2, -0.15) is 0 Å². The summed E-state index contributed by atoms with van der Waals surface area (Å²) in [6, 6.07) is 13.4. The Labute approximate surface area is 187 Å². The Morgan fingerprint density at radius 3 is 2.53 bits per heavy atom. The number of carboxylic acids is 1. The monoisotopic (exact) mass is 438 g/mol. The van der Waals surface area contributed by atoms with Crippen LogP contribution in [-0.2, 0) is 16.0 Å². The molecule has 1 heterocycles. The van der Waals surface area contributed by atoms with Gasteiger partial charge in [0, 0.05) is 35.0 Å². The van der Waals surface area contributed by atoms with E-state index in [4.69, 9.17) is 9.47 Å².